The maximum atomic E-state index is 12.2. The van der Waals surface area contributed by atoms with Gasteiger partial charge in [0.25, 0.3) is 0 Å². The van der Waals surface area contributed by atoms with Crippen molar-refractivity contribution < 1.29 is 4.79 Å². The third kappa shape index (κ3) is 4.61. The molecule has 0 amide bonds. The van der Waals surface area contributed by atoms with E-state index in [1.807, 2.05) is 13.8 Å². The fourth-order valence-electron chi connectivity index (χ4n) is 2.01. The molecule has 1 atom stereocenters. The van der Waals surface area contributed by atoms with Gasteiger partial charge in [0.15, 0.2) is 5.78 Å². The molecule has 100 valence electrons. The van der Waals surface area contributed by atoms with Gasteiger partial charge in [0.2, 0.25) is 0 Å². The maximum Gasteiger partial charge on any atom is 0.152 e. The van der Waals surface area contributed by atoms with Crippen LogP contribution < -0.4 is 5.32 Å². The summed E-state index contributed by atoms with van der Waals surface area (Å²) in [7, 11) is 0. The van der Waals surface area contributed by atoms with Crippen LogP contribution in [0.5, 0.6) is 0 Å². The first kappa shape index (κ1) is 14.9. The molecule has 0 aromatic heterocycles. The van der Waals surface area contributed by atoms with Crippen molar-refractivity contribution in [1.29, 1.82) is 0 Å². The molecule has 0 unspecified atom stereocenters. The normalized spacial score (nSPS) is 13.1. The summed E-state index contributed by atoms with van der Waals surface area (Å²) < 4.78 is 0. The monoisotopic (exact) mass is 247 g/mol. The molecule has 0 spiro atoms. The van der Waals surface area contributed by atoms with E-state index in [0.29, 0.717) is 11.8 Å². The zero-order valence-electron chi connectivity index (χ0n) is 12.2. The molecular formula is C16H25NO. The summed E-state index contributed by atoms with van der Waals surface area (Å²) in [6.45, 7) is 10.2. The van der Waals surface area contributed by atoms with Crippen LogP contribution in [0.15, 0.2) is 24.3 Å². The minimum absolute atomic E-state index is 0.0756. The quantitative estimate of drug-likeness (QED) is 0.836. The lowest BCUT2D eigenvalue weighted by atomic mass is 9.95. The summed E-state index contributed by atoms with van der Waals surface area (Å²) in [6.07, 6.45) is 0.773. The largest absolute Gasteiger partial charge is 0.305 e. The molecule has 1 aromatic rings. The van der Waals surface area contributed by atoms with Gasteiger partial charge in [-0.25, -0.2) is 0 Å². The molecule has 0 saturated heterocycles. The van der Waals surface area contributed by atoms with Gasteiger partial charge < -0.3 is 5.32 Å². The topological polar surface area (TPSA) is 29.1 Å². The summed E-state index contributed by atoms with van der Waals surface area (Å²) in [4.78, 5) is 12.2. The number of hydrogen-bond acceptors (Lipinski definition) is 2. The van der Waals surface area contributed by atoms with E-state index >= 15 is 0 Å². The average molecular weight is 247 g/mol. The number of Topliss-reactive ketones (excluding diaryl/α,β-unsaturated/α-hetero) is 1. The highest BCUT2D eigenvalue weighted by atomic mass is 16.1. The Hall–Kier alpha value is -1.15. The van der Waals surface area contributed by atoms with Crippen molar-refractivity contribution in [3.8, 4) is 0 Å². The van der Waals surface area contributed by atoms with E-state index in [0.717, 1.165) is 6.42 Å². The molecule has 1 rings (SSSR count). The number of carbonyl (C=O) groups excluding carboxylic acids is 1. The van der Waals surface area contributed by atoms with E-state index in [1.54, 1.807) is 0 Å². The smallest absolute Gasteiger partial charge is 0.152 e. The molecule has 0 aliphatic heterocycles. The van der Waals surface area contributed by atoms with E-state index in [9.17, 15) is 4.79 Å². The maximum absolute atomic E-state index is 12.2. The van der Waals surface area contributed by atoms with Crippen LogP contribution in [0.1, 0.15) is 38.8 Å². The molecule has 1 aromatic carbocycles. The van der Waals surface area contributed by atoms with Gasteiger partial charge >= 0.3 is 0 Å². The number of rotatable bonds is 6. The van der Waals surface area contributed by atoms with E-state index in [-0.39, 0.29) is 12.0 Å². The summed E-state index contributed by atoms with van der Waals surface area (Å²) in [5.41, 5.74) is 2.47. The minimum atomic E-state index is -0.0762. The molecule has 0 heterocycles. The Labute approximate surface area is 111 Å². The third-order valence-electron chi connectivity index (χ3n) is 3.01. The average Bonchev–Trinajstić information content (AvgIpc) is 2.29. The SMILES string of the molecule is Cc1ccc(C[C@H](NC(C)C)C(=O)C(C)C)cc1. The second-order valence-corrected chi connectivity index (χ2v) is 5.62. The molecular weight excluding hydrogens is 222 g/mol. The summed E-state index contributed by atoms with van der Waals surface area (Å²) >= 11 is 0. The second-order valence-electron chi connectivity index (χ2n) is 5.62. The van der Waals surface area contributed by atoms with Gasteiger partial charge in [-0.2, -0.15) is 0 Å². The van der Waals surface area contributed by atoms with Crippen LogP contribution in [0.4, 0.5) is 0 Å². The number of ketones is 1. The molecule has 0 radical (unpaired) electrons. The Bertz CT molecular complexity index is 379. The highest BCUT2D eigenvalue weighted by Crippen LogP contribution is 2.10. The number of carbonyl (C=O) groups is 1. The van der Waals surface area contributed by atoms with E-state index in [1.165, 1.54) is 11.1 Å². The van der Waals surface area contributed by atoms with E-state index in [2.05, 4.69) is 50.4 Å². The Kier molecular flexibility index (Phi) is 5.54. The van der Waals surface area contributed by atoms with Crippen LogP contribution in [-0.2, 0) is 11.2 Å². The first-order valence-corrected chi connectivity index (χ1v) is 6.75. The first-order valence-electron chi connectivity index (χ1n) is 6.75. The van der Waals surface area contributed by atoms with Crippen molar-refractivity contribution in [2.75, 3.05) is 0 Å². The number of benzene rings is 1. The minimum Gasteiger partial charge on any atom is -0.305 e. The Balaban J connectivity index is 2.77. The van der Waals surface area contributed by atoms with Crippen molar-refractivity contribution in [2.24, 2.45) is 5.92 Å². The molecule has 2 nitrogen and oxygen atoms in total. The highest BCUT2D eigenvalue weighted by Gasteiger charge is 2.21. The van der Waals surface area contributed by atoms with Crippen LogP contribution in [0.3, 0.4) is 0 Å². The van der Waals surface area contributed by atoms with Gasteiger partial charge in [-0.15, -0.1) is 0 Å². The lowest BCUT2D eigenvalue weighted by Crippen LogP contribution is -2.44. The fourth-order valence-corrected chi connectivity index (χ4v) is 2.01. The molecule has 0 fully saturated rings. The summed E-state index contributed by atoms with van der Waals surface area (Å²) in [5.74, 6) is 0.371. The predicted octanol–water partition coefficient (Wildman–Crippen LogP) is 3.13. The van der Waals surface area contributed by atoms with Gasteiger partial charge in [-0.05, 0) is 18.9 Å². The highest BCUT2D eigenvalue weighted by molar-refractivity contribution is 5.86. The van der Waals surface area contributed by atoms with E-state index in [4.69, 9.17) is 0 Å². The summed E-state index contributed by atoms with van der Waals surface area (Å²) in [5, 5.41) is 3.37. The van der Waals surface area contributed by atoms with Gasteiger partial charge in [-0.3, -0.25) is 4.79 Å². The van der Waals surface area contributed by atoms with Crippen LogP contribution in [0.25, 0.3) is 0 Å². The standard InChI is InChI=1S/C16H25NO/c1-11(2)16(18)15(17-12(3)4)10-14-8-6-13(5)7-9-14/h6-9,11-12,15,17H,10H2,1-5H3/t15-/m0/s1. The van der Waals surface area contributed by atoms with Gasteiger partial charge in [-0.1, -0.05) is 57.5 Å². The van der Waals surface area contributed by atoms with Crippen molar-refractivity contribution in [2.45, 2.75) is 53.1 Å². The van der Waals surface area contributed by atoms with Crippen molar-refractivity contribution in [3.63, 3.8) is 0 Å². The molecule has 18 heavy (non-hydrogen) atoms. The lowest BCUT2D eigenvalue weighted by molar-refractivity contribution is -0.124. The molecule has 1 N–H and O–H groups in total. The number of nitrogens with one attached hydrogen (secondary N) is 1. The third-order valence-corrected chi connectivity index (χ3v) is 3.01. The molecule has 2 heteroatoms. The first-order chi connectivity index (χ1) is 8.40. The molecule has 0 aliphatic carbocycles. The van der Waals surface area contributed by atoms with E-state index < -0.39 is 0 Å². The molecule has 0 bridgehead atoms. The summed E-state index contributed by atoms with van der Waals surface area (Å²) in [6, 6.07) is 8.66. The van der Waals surface area contributed by atoms with Crippen LogP contribution in [-0.4, -0.2) is 17.9 Å². The van der Waals surface area contributed by atoms with Crippen molar-refractivity contribution >= 4 is 5.78 Å². The number of aryl methyl sites for hydroxylation is 1. The van der Waals surface area contributed by atoms with Gasteiger partial charge in [0.05, 0.1) is 6.04 Å². The zero-order valence-corrected chi connectivity index (χ0v) is 12.2. The van der Waals surface area contributed by atoms with Crippen LogP contribution in [0.2, 0.25) is 0 Å². The fraction of sp³-hybridized carbons (Fsp3) is 0.562. The number of hydrogen-bond donors (Lipinski definition) is 1. The molecule has 0 saturated carbocycles. The van der Waals surface area contributed by atoms with Crippen molar-refractivity contribution in [3.05, 3.63) is 35.4 Å². The Morgan fingerprint density at radius 1 is 1.11 bits per heavy atom. The Morgan fingerprint density at radius 3 is 2.11 bits per heavy atom. The lowest BCUT2D eigenvalue weighted by Gasteiger charge is -2.22. The van der Waals surface area contributed by atoms with Crippen molar-refractivity contribution in [1.82, 2.24) is 5.32 Å². The van der Waals surface area contributed by atoms with Gasteiger partial charge in [0.1, 0.15) is 0 Å². The van der Waals surface area contributed by atoms with Crippen LogP contribution in [0, 0.1) is 12.8 Å². The zero-order chi connectivity index (χ0) is 13.7. The second kappa shape index (κ2) is 6.69. The van der Waals surface area contributed by atoms with Crippen LogP contribution >= 0.6 is 0 Å². The Morgan fingerprint density at radius 2 is 1.67 bits per heavy atom. The molecule has 0 aliphatic rings. The predicted molar refractivity (Wildman–Crippen MR) is 76.8 cm³/mol. The van der Waals surface area contributed by atoms with Gasteiger partial charge in [0, 0.05) is 12.0 Å².